The quantitative estimate of drug-likeness (QED) is 0.412. The van der Waals surface area contributed by atoms with E-state index in [-0.39, 0.29) is 5.96 Å². The molecule has 0 spiro atoms. The third-order valence-electron chi connectivity index (χ3n) is 4.16. The summed E-state index contributed by atoms with van der Waals surface area (Å²) in [5, 5.41) is 2.99. The predicted molar refractivity (Wildman–Crippen MR) is 106 cm³/mol. The zero-order valence-corrected chi connectivity index (χ0v) is 15.3. The summed E-state index contributed by atoms with van der Waals surface area (Å²) in [5.74, 6) is 1.02. The van der Waals surface area contributed by atoms with E-state index in [2.05, 4.69) is 10.3 Å². The number of rotatable bonds is 5. The molecule has 138 valence electrons. The van der Waals surface area contributed by atoms with Crippen LogP contribution in [-0.4, -0.2) is 31.6 Å². The van der Waals surface area contributed by atoms with Crippen molar-refractivity contribution < 1.29 is 14.3 Å². The average molecular weight is 364 g/mol. The second-order valence-electron chi connectivity index (χ2n) is 5.80. The molecule has 0 aliphatic heterocycles. The highest BCUT2D eigenvalue weighted by molar-refractivity contribution is 6.01. The Morgan fingerprint density at radius 1 is 1.19 bits per heavy atom. The summed E-state index contributed by atoms with van der Waals surface area (Å²) < 4.78 is 10.9. The Bertz CT molecular complexity index is 1030. The number of benzene rings is 2. The van der Waals surface area contributed by atoms with Gasteiger partial charge >= 0.3 is 0 Å². The number of fused-ring (bicyclic) bond motifs is 1. The number of aromatic nitrogens is 1. The smallest absolute Gasteiger partial charge is 0.213 e. The first-order valence-electron chi connectivity index (χ1n) is 8.25. The van der Waals surface area contributed by atoms with Crippen LogP contribution in [0.15, 0.2) is 47.5 Å². The van der Waals surface area contributed by atoms with Crippen molar-refractivity contribution in [3.05, 3.63) is 48.0 Å². The van der Waals surface area contributed by atoms with Crippen molar-refractivity contribution in [1.82, 2.24) is 10.3 Å². The Kier molecular flexibility index (Phi) is 5.21. The normalized spacial score (nSPS) is 11.3. The number of aliphatic imine (C=N–C) groups is 1. The molecule has 0 fully saturated rings. The molecule has 0 aliphatic carbocycles. The van der Waals surface area contributed by atoms with Gasteiger partial charge < -0.3 is 15.2 Å². The first kappa shape index (κ1) is 18.2. The van der Waals surface area contributed by atoms with Crippen LogP contribution in [0.1, 0.15) is 5.56 Å². The lowest BCUT2D eigenvalue weighted by atomic mass is 10.0. The van der Waals surface area contributed by atoms with Crippen LogP contribution < -0.4 is 20.5 Å². The summed E-state index contributed by atoms with van der Waals surface area (Å²) in [4.78, 5) is 19.8. The maximum absolute atomic E-state index is 10.7. The lowest BCUT2D eigenvalue weighted by Gasteiger charge is -2.14. The van der Waals surface area contributed by atoms with Gasteiger partial charge in [0.25, 0.3) is 0 Å². The van der Waals surface area contributed by atoms with Crippen molar-refractivity contribution in [2.45, 2.75) is 6.92 Å². The topological polar surface area (TPSA) is 98.8 Å². The van der Waals surface area contributed by atoms with Gasteiger partial charge in [0.15, 0.2) is 17.5 Å². The van der Waals surface area contributed by atoms with Gasteiger partial charge in [0.05, 0.1) is 36.5 Å². The van der Waals surface area contributed by atoms with E-state index in [1.165, 1.54) is 0 Å². The highest BCUT2D eigenvalue weighted by Gasteiger charge is 2.17. The van der Waals surface area contributed by atoms with Crippen molar-refractivity contribution in [3.63, 3.8) is 0 Å². The summed E-state index contributed by atoms with van der Waals surface area (Å²) in [6.45, 7) is 2.01. The summed E-state index contributed by atoms with van der Waals surface area (Å²) in [6.07, 6.45) is 0.474. The third kappa shape index (κ3) is 3.52. The summed E-state index contributed by atoms with van der Waals surface area (Å²) in [5.41, 5.74) is 9.79. The highest BCUT2D eigenvalue weighted by Crippen LogP contribution is 2.42. The van der Waals surface area contributed by atoms with Gasteiger partial charge in [0.2, 0.25) is 6.41 Å². The number of aryl methyl sites for hydroxylation is 1. The van der Waals surface area contributed by atoms with Crippen LogP contribution in [0.4, 0.5) is 5.69 Å². The molecular weight excluding hydrogens is 344 g/mol. The molecule has 1 heterocycles. The first-order chi connectivity index (χ1) is 13.1. The number of hydrogen-bond acceptors (Lipinski definition) is 5. The molecule has 1 amide bonds. The Balaban J connectivity index is 2.36. The fourth-order valence-electron chi connectivity index (χ4n) is 2.93. The highest BCUT2D eigenvalue weighted by atomic mass is 16.5. The van der Waals surface area contributed by atoms with Crippen molar-refractivity contribution in [3.8, 4) is 22.8 Å². The molecule has 0 bridgehead atoms. The molecule has 0 atom stereocenters. The number of ether oxygens (including phenoxy) is 2. The number of carbonyl (C=O) groups excluding carboxylic acids is 1. The number of nitrogens with two attached hydrogens (primary N) is 1. The molecule has 27 heavy (non-hydrogen) atoms. The number of hydrogen-bond donors (Lipinski definition) is 2. The number of pyridine rings is 1. The number of amides is 1. The zero-order chi connectivity index (χ0) is 19.4. The van der Waals surface area contributed by atoms with E-state index in [9.17, 15) is 4.79 Å². The summed E-state index contributed by atoms with van der Waals surface area (Å²) in [7, 11) is 3.11. The molecule has 1 aromatic heterocycles. The first-order valence-corrected chi connectivity index (χ1v) is 8.25. The molecule has 0 radical (unpaired) electrons. The maximum Gasteiger partial charge on any atom is 0.213 e. The van der Waals surface area contributed by atoms with Crippen molar-refractivity contribution in [2.75, 3.05) is 14.2 Å². The second-order valence-corrected chi connectivity index (χ2v) is 5.80. The van der Waals surface area contributed by atoms with Gasteiger partial charge in [0.1, 0.15) is 0 Å². The van der Waals surface area contributed by atoms with Crippen LogP contribution in [0.5, 0.6) is 11.5 Å². The third-order valence-corrected chi connectivity index (χ3v) is 4.16. The standard InChI is InChI=1S/C20H20N4O3/c1-12-6-4-5-7-13(12)15-10-16(24-20(21)22-11-25)18-14(23-15)8-9-17(26-2)19(18)27-3/h4-11H,1-3H3,(H3,21,22,23,24,25). The van der Waals surface area contributed by atoms with Gasteiger partial charge in [0, 0.05) is 5.56 Å². The van der Waals surface area contributed by atoms with E-state index >= 15 is 0 Å². The number of guanidine groups is 1. The van der Waals surface area contributed by atoms with Gasteiger partial charge in [-0.05, 0) is 30.7 Å². The molecule has 3 N–H and O–H groups in total. The van der Waals surface area contributed by atoms with Crippen molar-refractivity contribution in [2.24, 2.45) is 10.7 Å². The molecule has 7 nitrogen and oxygen atoms in total. The van der Waals surface area contributed by atoms with Crippen LogP contribution in [-0.2, 0) is 4.79 Å². The lowest BCUT2D eigenvalue weighted by Crippen LogP contribution is -2.29. The SMILES string of the molecule is COc1ccc2nc(-c3ccccc3C)cc(N=C(N)NC=O)c2c1OC. The minimum atomic E-state index is -0.0295. The lowest BCUT2D eigenvalue weighted by molar-refractivity contribution is -0.108. The minimum absolute atomic E-state index is 0.0295. The molecule has 0 saturated heterocycles. The van der Waals surface area contributed by atoms with E-state index in [1.807, 2.05) is 43.3 Å². The van der Waals surface area contributed by atoms with E-state index in [0.717, 1.165) is 16.8 Å². The Morgan fingerprint density at radius 3 is 2.63 bits per heavy atom. The summed E-state index contributed by atoms with van der Waals surface area (Å²) >= 11 is 0. The molecule has 0 aliphatic rings. The van der Waals surface area contributed by atoms with Crippen molar-refractivity contribution in [1.29, 1.82) is 0 Å². The molecule has 7 heteroatoms. The summed E-state index contributed by atoms with van der Waals surface area (Å²) in [6, 6.07) is 13.4. The average Bonchev–Trinajstić information content (AvgIpc) is 2.67. The van der Waals surface area contributed by atoms with Crippen LogP contribution >= 0.6 is 0 Å². The van der Waals surface area contributed by atoms with Gasteiger partial charge in [-0.2, -0.15) is 0 Å². The van der Waals surface area contributed by atoms with Gasteiger partial charge in [-0.1, -0.05) is 24.3 Å². The van der Waals surface area contributed by atoms with Crippen LogP contribution in [0.25, 0.3) is 22.2 Å². The number of carbonyl (C=O) groups is 1. The number of nitrogens with one attached hydrogen (secondary N) is 1. The Hall–Kier alpha value is -3.61. The predicted octanol–water partition coefficient (Wildman–Crippen LogP) is 2.92. The van der Waals surface area contributed by atoms with Crippen LogP contribution in [0.2, 0.25) is 0 Å². The van der Waals surface area contributed by atoms with Gasteiger partial charge in [-0.3, -0.25) is 10.1 Å². The fraction of sp³-hybridized carbons (Fsp3) is 0.150. The molecule has 3 rings (SSSR count). The monoisotopic (exact) mass is 364 g/mol. The molecular formula is C20H20N4O3. The fourth-order valence-corrected chi connectivity index (χ4v) is 2.93. The van der Waals surface area contributed by atoms with E-state index < -0.39 is 0 Å². The van der Waals surface area contributed by atoms with Crippen LogP contribution in [0.3, 0.4) is 0 Å². The minimum Gasteiger partial charge on any atom is -0.493 e. The molecule has 0 saturated carbocycles. The molecule has 0 unspecified atom stereocenters. The number of methoxy groups -OCH3 is 2. The van der Waals surface area contributed by atoms with Crippen molar-refractivity contribution >= 4 is 29.0 Å². The molecule has 3 aromatic rings. The molecule has 2 aromatic carbocycles. The van der Waals surface area contributed by atoms with E-state index in [0.29, 0.717) is 34.5 Å². The van der Waals surface area contributed by atoms with Gasteiger partial charge in [-0.25, -0.2) is 9.98 Å². The Morgan fingerprint density at radius 2 is 1.96 bits per heavy atom. The second kappa shape index (κ2) is 7.74. The largest absolute Gasteiger partial charge is 0.493 e. The Labute approximate surface area is 156 Å². The maximum atomic E-state index is 10.7. The van der Waals surface area contributed by atoms with Crippen LogP contribution in [0, 0.1) is 6.92 Å². The van der Waals surface area contributed by atoms with Gasteiger partial charge in [-0.15, -0.1) is 0 Å². The number of nitrogens with zero attached hydrogens (tertiary/aromatic N) is 2. The van der Waals surface area contributed by atoms with E-state index in [4.69, 9.17) is 20.2 Å². The zero-order valence-electron chi connectivity index (χ0n) is 15.3. The van der Waals surface area contributed by atoms with E-state index in [1.54, 1.807) is 20.3 Å².